The number of carbonyl (C=O) groups excluding carboxylic acids is 1. The molecular weight excluding hydrogens is 234 g/mol. The largest absolute Gasteiger partial charge is 0.466 e. The van der Waals surface area contributed by atoms with Gasteiger partial charge in [-0.1, -0.05) is 0 Å². The Kier molecular flexibility index (Phi) is 5.69. The zero-order valence-corrected chi connectivity index (χ0v) is 10.7. The number of esters is 1. The van der Waals surface area contributed by atoms with Crippen molar-refractivity contribution in [3.63, 3.8) is 0 Å². The predicted molar refractivity (Wildman–Crippen MR) is 70.3 cm³/mol. The average Bonchev–Trinajstić information content (AvgIpc) is 2.29. The summed E-state index contributed by atoms with van der Waals surface area (Å²) in [6, 6.07) is 1.74. The summed E-state index contributed by atoms with van der Waals surface area (Å²) in [7, 11) is 0. The molecule has 0 saturated carbocycles. The first-order chi connectivity index (χ1) is 8.65. The van der Waals surface area contributed by atoms with E-state index in [2.05, 4.69) is 20.6 Å². The Balaban J connectivity index is 2.48. The van der Waals surface area contributed by atoms with Gasteiger partial charge < -0.3 is 21.1 Å². The Labute approximate surface area is 106 Å². The quantitative estimate of drug-likeness (QED) is 0.619. The molecule has 1 aromatic rings. The molecule has 0 amide bonds. The second kappa shape index (κ2) is 7.31. The number of nitrogens with two attached hydrogens (primary N) is 1. The van der Waals surface area contributed by atoms with E-state index < -0.39 is 0 Å². The lowest BCUT2D eigenvalue weighted by molar-refractivity contribution is -0.142. The summed E-state index contributed by atoms with van der Waals surface area (Å²) in [6.45, 7) is 5.33. The molecule has 0 aliphatic carbocycles. The Morgan fingerprint density at radius 2 is 2.00 bits per heavy atom. The van der Waals surface area contributed by atoms with Crippen LogP contribution in [0.2, 0.25) is 0 Å². The summed E-state index contributed by atoms with van der Waals surface area (Å²) in [4.78, 5) is 19.2. The second-order valence-corrected chi connectivity index (χ2v) is 3.51. The minimum Gasteiger partial charge on any atom is -0.466 e. The number of ether oxygens (including phenoxy) is 1. The van der Waals surface area contributed by atoms with Crippen molar-refractivity contribution in [1.82, 2.24) is 9.97 Å². The molecular formula is C11H19N5O2. The van der Waals surface area contributed by atoms with Crippen LogP contribution >= 0.6 is 0 Å². The summed E-state index contributed by atoms with van der Waals surface area (Å²) >= 11 is 0. The molecule has 7 nitrogen and oxygen atoms in total. The normalized spacial score (nSPS) is 9.89. The summed E-state index contributed by atoms with van der Waals surface area (Å²) in [5.74, 6) is 1.19. The summed E-state index contributed by atoms with van der Waals surface area (Å²) in [5.41, 5.74) is 5.58. The molecule has 1 aromatic heterocycles. The number of hydrogen-bond acceptors (Lipinski definition) is 7. The van der Waals surface area contributed by atoms with Gasteiger partial charge in [0.05, 0.1) is 13.0 Å². The molecule has 1 heterocycles. The van der Waals surface area contributed by atoms with Crippen LogP contribution in [0.5, 0.6) is 0 Å². The third kappa shape index (κ3) is 4.86. The molecule has 0 unspecified atom stereocenters. The minimum atomic E-state index is -0.237. The van der Waals surface area contributed by atoms with Gasteiger partial charge >= 0.3 is 5.97 Å². The van der Waals surface area contributed by atoms with Crippen molar-refractivity contribution in [1.29, 1.82) is 0 Å². The molecule has 0 spiro atoms. The SMILES string of the molecule is CCNc1cc(NCCC(=O)OCC)nc(N)n1. The second-order valence-electron chi connectivity index (χ2n) is 3.51. The molecule has 4 N–H and O–H groups in total. The van der Waals surface area contributed by atoms with Crippen LogP contribution in [0.3, 0.4) is 0 Å². The van der Waals surface area contributed by atoms with Crippen LogP contribution in [0.25, 0.3) is 0 Å². The number of aromatic nitrogens is 2. The Morgan fingerprint density at radius 1 is 1.33 bits per heavy atom. The van der Waals surface area contributed by atoms with Gasteiger partial charge in [-0.15, -0.1) is 0 Å². The van der Waals surface area contributed by atoms with Crippen LogP contribution in [0.15, 0.2) is 6.07 Å². The van der Waals surface area contributed by atoms with Gasteiger partial charge in [0.15, 0.2) is 0 Å². The number of nitrogens with one attached hydrogen (secondary N) is 2. The maximum absolute atomic E-state index is 11.1. The van der Waals surface area contributed by atoms with Gasteiger partial charge in [0.2, 0.25) is 5.95 Å². The van der Waals surface area contributed by atoms with Crippen LogP contribution in [0, 0.1) is 0 Å². The molecule has 0 radical (unpaired) electrons. The van der Waals surface area contributed by atoms with Gasteiger partial charge in [-0.2, -0.15) is 9.97 Å². The van der Waals surface area contributed by atoms with E-state index >= 15 is 0 Å². The number of hydrogen-bond donors (Lipinski definition) is 3. The van der Waals surface area contributed by atoms with E-state index in [1.165, 1.54) is 0 Å². The third-order valence-electron chi connectivity index (χ3n) is 2.04. The van der Waals surface area contributed by atoms with Crippen molar-refractivity contribution in [3.05, 3.63) is 6.07 Å². The lowest BCUT2D eigenvalue weighted by Crippen LogP contribution is -2.13. The van der Waals surface area contributed by atoms with E-state index in [1.807, 2.05) is 6.92 Å². The molecule has 100 valence electrons. The van der Waals surface area contributed by atoms with Crippen LogP contribution in [-0.2, 0) is 9.53 Å². The van der Waals surface area contributed by atoms with Crippen LogP contribution in [0.1, 0.15) is 20.3 Å². The van der Waals surface area contributed by atoms with Crippen molar-refractivity contribution in [2.45, 2.75) is 20.3 Å². The van der Waals surface area contributed by atoms with Gasteiger partial charge in [0.25, 0.3) is 0 Å². The van der Waals surface area contributed by atoms with Crippen molar-refractivity contribution in [2.24, 2.45) is 0 Å². The van der Waals surface area contributed by atoms with Crippen molar-refractivity contribution in [3.8, 4) is 0 Å². The van der Waals surface area contributed by atoms with E-state index in [0.29, 0.717) is 24.8 Å². The summed E-state index contributed by atoms with van der Waals surface area (Å²) in [5, 5.41) is 6.05. The first kappa shape index (κ1) is 14.0. The number of nitrogens with zero attached hydrogens (tertiary/aromatic N) is 2. The molecule has 7 heteroatoms. The standard InChI is InChI=1S/C11H19N5O2/c1-3-13-8-7-9(16-11(12)15-8)14-6-5-10(17)18-4-2/h7H,3-6H2,1-2H3,(H4,12,13,14,15,16). The van der Waals surface area contributed by atoms with E-state index in [9.17, 15) is 4.79 Å². The van der Waals surface area contributed by atoms with Crippen molar-refractivity contribution < 1.29 is 9.53 Å². The smallest absolute Gasteiger partial charge is 0.307 e. The highest BCUT2D eigenvalue weighted by Crippen LogP contribution is 2.12. The lowest BCUT2D eigenvalue weighted by atomic mass is 10.4. The van der Waals surface area contributed by atoms with Gasteiger partial charge in [-0.25, -0.2) is 0 Å². The van der Waals surface area contributed by atoms with E-state index in [-0.39, 0.29) is 18.3 Å². The fraction of sp³-hybridized carbons (Fsp3) is 0.545. The lowest BCUT2D eigenvalue weighted by Gasteiger charge is -2.08. The van der Waals surface area contributed by atoms with E-state index in [1.54, 1.807) is 13.0 Å². The average molecular weight is 253 g/mol. The molecule has 1 rings (SSSR count). The Morgan fingerprint density at radius 3 is 2.61 bits per heavy atom. The van der Waals surface area contributed by atoms with Crippen LogP contribution < -0.4 is 16.4 Å². The number of anilines is 3. The molecule has 0 atom stereocenters. The minimum absolute atomic E-state index is 0.187. The number of nitrogen functional groups attached to an aromatic ring is 1. The number of rotatable bonds is 7. The first-order valence-corrected chi connectivity index (χ1v) is 5.93. The topological polar surface area (TPSA) is 102 Å². The van der Waals surface area contributed by atoms with E-state index in [4.69, 9.17) is 10.5 Å². The highest BCUT2D eigenvalue weighted by molar-refractivity contribution is 5.70. The third-order valence-corrected chi connectivity index (χ3v) is 2.04. The summed E-state index contributed by atoms with van der Waals surface area (Å²) in [6.07, 6.45) is 0.286. The van der Waals surface area contributed by atoms with Gasteiger partial charge in [0, 0.05) is 19.2 Å². The highest BCUT2D eigenvalue weighted by atomic mass is 16.5. The van der Waals surface area contributed by atoms with Crippen LogP contribution in [-0.4, -0.2) is 35.6 Å². The molecule has 18 heavy (non-hydrogen) atoms. The zero-order valence-electron chi connectivity index (χ0n) is 10.7. The van der Waals surface area contributed by atoms with Gasteiger partial charge in [-0.05, 0) is 13.8 Å². The molecule has 0 bridgehead atoms. The predicted octanol–water partition coefficient (Wildman–Crippen LogP) is 0.856. The maximum atomic E-state index is 11.1. The molecule has 0 aliphatic heterocycles. The molecule has 0 saturated heterocycles. The highest BCUT2D eigenvalue weighted by Gasteiger charge is 2.04. The zero-order chi connectivity index (χ0) is 13.4. The molecule has 0 fully saturated rings. The Bertz CT molecular complexity index is 397. The van der Waals surface area contributed by atoms with Crippen LogP contribution in [0.4, 0.5) is 17.6 Å². The fourth-order valence-electron chi connectivity index (χ4n) is 1.35. The molecule has 0 aliphatic rings. The van der Waals surface area contributed by atoms with Crippen molar-refractivity contribution in [2.75, 3.05) is 36.1 Å². The van der Waals surface area contributed by atoms with E-state index in [0.717, 1.165) is 6.54 Å². The van der Waals surface area contributed by atoms with Gasteiger partial charge in [-0.3, -0.25) is 4.79 Å². The fourth-order valence-corrected chi connectivity index (χ4v) is 1.35. The van der Waals surface area contributed by atoms with Crippen molar-refractivity contribution >= 4 is 23.6 Å². The summed E-state index contributed by atoms with van der Waals surface area (Å²) < 4.78 is 4.82. The monoisotopic (exact) mass is 253 g/mol. The maximum Gasteiger partial charge on any atom is 0.307 e. The first-order valence-electron chi connectivity index (χ1n) is 5.93. The number of carbonyl (C=O) groups is 1. The molecule has 0 aromatic carbocycles. The van der Waals surface area contributed by atoms with Gasteiger partial charge in [0.1, 0.15) is 11.6 Å². The Hall–Kier alpha value is -2.05.